The molecule has 2 saturated heterocycles. The molecule has 2 aliphatic heterocycles. The summed E-state index contributed by atoms with van der Waals surface area (Å²) in [6.45, 7) is 5.92. The van der Waals surface area contributed by atoms with Gasteiger partial charge < -0.3 is 62.8 Å². The number of hydrogen-bond donors (Lipinski definition) is 10. The molecular formula is C43H65N9O13S. The minimum atomic E-state index is -1.43. The number of hydrogen-bond acceptors (Lipinski definition) is 13. The van der Waals surface area contributed by atoms with Crippen LogP contribution in [-0.4, -0.2) is 164 Å². The number of phenols is 1. The number of phenolic OH excluding ortho intramolecular Hbond substituents is 1. The second-order valence-electron chi connectivity index (χ2n) is 16.6. The smallest absolute Gasteiger partial charge is 0.322 e. The highest BCUT2D eigenvalue weighted by molar-refractivity contribution is 7.98. The Balaban J connectivity index is 1.76. The average molecular weight is 948 g/mol. The van der Waals surface area contributed by atoms with Crippen LogP contribution in [-0.2, 0) is 54.4 Å². The van der Waals surface area contributed by atoms with Gasteiger partial charge in [-0.3, -0.25) is 47.9 Å². The third-order valence-corrected chi connectivity index (χ3v) is 12.2. The molecule has 2 aliphatic rings. The maximum absolute atomic E-state index is 14.2. The summed E-state index contributed by atoms with van der Waals surface area (Å²) in [5, 5.41) is 43.3. The van der Waals surface area contributed by atoms with E-state index in [9.17, 15) is 58.2 Å². The molecule has 0 radical (unpaired) electrons. The van der Waals surface area contributed by atoms with E-state index >= 15 is 0 Å². The maximum atomic E-state index is 14.2. The number of aromatic hydroxyl groups is 1. The average Bonchev–Trinajstić information content (AvgIpc) is 3.98. The molecule has 0 bridgehead atoms. The van der Waals surface area contributed by atoms with Crippen molar-refractivity contribution in [1.82, 2.24) is 41.7 Å². The lowest BCUT2D eigenvalue weighted by Gasteiger charge is -2.33. The fraction of sp³-hybridized carbons (Fsp3) is 0.628. The van der Waals surface area contributed by atoms with E-state index in [1.54, 1.807) is 26.0 Å². The SMILES string of the molecule is CC[C@H](C)[C@H](NC(=O)[C@@H]1CCCN1C(=O)[C@@H]1CCCN1C(=O)[C@H](C)NC(=O)[C@H](Cc1ccc(O)cc1)NC(=O)[C@H](CCSC)NC(=O)[C@H](C)N)C(=O)N[C@@H](CCC(=O)O)C(=O)NCC(=O)O. The Labute approximate surface area is 387 Å². The highest BCUT2D eigenvalue weighted by atomic mass is 32.2. The largest absolute Gasteiger partial charge is 0.508 e. The first kappa shape index (κ1) is 54.4. The molecular weight excluding hydrogens is 883 g/mol. The van der Waals surface area contributed by atoms with Gasteiger partial charge >= 0.3 is 11.9 Å². The number of carbonyl (C=O) groups excluding carboxylic acids is 8. The van der Waals surface area contributed by atoms with Crippen LogP contribution in [0.5, 0.6) is 5.75 Å². The van der Waals surface area contributed by atoms with Gasteiger partial charge in [-0.1, -0.05) is 32.4 Å². The van der Waals surface area contributed by atoms with Crippen molar-refractivity contribution in [1.29, 1.82) is 0 Å². The zero-order valence-corrected chi connectivity index (χ0v) is 38.8. The zero-order chi connectivity index (χ0) is 49.2. The molecule has 23 heteroatoms. The van der Waals surface area contributed by atoms with Crippen LogP contribution < -0.4 is 37.6 Å². The standard InChI is InChI=1S/C43H65N9O13S/c1-6-23(2)35(41(63)48-28(15-16-33(54)55)37(59)45-22-34(56)57)50-40(62)31-9-7-18-51(31)43(65)32-10-8-19-52(32)42(64)25(4)46-39(61)30(21-26-11-13-27(53)14-12-26)49-38(60)29(17-20-66-5)47-36(58)24(3)44/h11-14,23-25,28-32,35,53H,6-10,15-22,44H2,1-5H3,(H,45,59)(H,46,61)(H,47,58)(H,48,63)(H,49,60)(H,50,62)(H,54,55)(H,56,57)/t23-,24-,25-,28-,29-,30-,31-,32-,35-/m0/s1. The van der Waals surface area contributed by atoms with Gasteiger partial charge in [-0.15, -0.1) is 0 Å². The number of thioether (sulfide) groups is 1. The Bertz CT molecular complexity index is 1920. The van der Waals surface area contributed by atoms with Gasteiger partial charge in [0, 0.05) is 25.9 Å². The minimum Gasteiger partial charge on any atom is -0.508 e. The molecule has 9 atom stereocenters. The van der Waals surface area contributed by atoms with Crippen molar-refractivity contribution >= 4 is 71.0 Å². The van der Waals surface area contributed by atoms with Crippen molar-refractivity contribution in [3.05, 3.63) is 29.8 Å². The summed E-state index contributed by atoms with van der Waals surface area (Å²) in [7, 11) is 0. The molecule has 3 rings (SSSR count). The van der Waals surface area contributed by atoms with Gasteiger partial charge in [0.1, 0.15) is 54.6 Å². The van der Waals surface area contributed by atoms with Crippen LogP contribution in [0.1, 0.15) is 84.6 Å². The van der Waals surface area contributed by atoms with Crippen LogP contribution in [0.25, 0.3) is 0 Å². The number of aliphatic carboxylic acids is 2. The second-order valence-corrected chi connectivity index (χ2v) is 17.6. The van der Waals surface area contributed by atoms with Crippen molar-refractivity contribution in [3.8, 4) is 5.75 Å². The summed E-state index contributed by atoms with van der Waals surface area (Å²) in [5.74, 6) is -8.06. The molecule has 66 heavy (non-hydrogen) atoms. The number of likely N-dealkylation sites (tertiary alicyclic amines) is 2. The van der Waals surface area contributed by atoms with Crippen molar-refractivity contribution in [3.63, 3.8) is 0 Å². The van der Waals surface area contributed by atoms with E-state index in [1.807, 2.05) is 6.26 Å². The summed E-state index contributed by atoms with van der Waals surface area (Å²) < 4.78 is 0. The fourth-order valence-corrected chi connectivity index (χ4v) is 8.07. The lowest BCUT2D eigenvalue weighted by atomic mass is 9.97. The third-order valence-electron chi connectivity index (χ3n) is 11.5. The zero-order valence-electron chi connectivity index (χ0n) is 38.0. The van der Waals surface area contributed by atoms with E-state index in [0.717, 1.165) is 0 Å². The molecule has 2 fully saturated rings. The lowest BCUT2D eigenvalue weighted by Crippen LogP contribution is -2.60. The van der Waals surface area contributed by atoms with Gasteiger partial charge in [0.25, 0.3) is 0 Å². The first-order valence-electron chi connectivity index (χ1n) is 22.0. The molecule has 2 heterocycles. The van der Waals surface area contributed by atoms with E-state index in [4.69, 9.17) is 10.8 Å². The van der Waals surface area contributed by atoms with Crippen LogP contribution in [0.2, 0.25) is 0 Å². The first-order chi connectivity index (χ1) is 31.2. The first-order valence-corrected chi connectivity index (χ1v) is 23.4. The van der Waals surface area contributed by atoms with E-state index in [-0.39, 0.29) is 50.9 Å². The molecule has 0 unspecified atom stereocenters. The van der Waals surface area contributed by atoms with Crippen molar-refractivity contribution < 1.29 is 63.3 Å². The monoisotopic (exact) mass is 947 g/mol. The Morgan fingerprint density at radius 2 is 1.30 bits per heavy atom. The number of nitrogens with zero attached hydrogens (tertiary/aromatic N) is 2. The summed E-state index contributed by atoms with van der Waals surface area (Å²) >= 11 is 1.45. The molecule has 11 N–H and O–H groups in total. The number of carboxylic acid groups (broad SMARTS) is 2. The molecule has 22 nitrogen and oxygen atoms in total. The highest BCUT2D eigenvalue weighted by Crippen LogP contribution is 2.26. The quantitative estimate of drug-likeness (QED) is 0.0538. The van der Waals surface area contributed by atoms with Crippen LogP contribution in [0.15, 0.2) is 24.3 Å². The predicted molar refractivity (Wildman–Crippen MR) is 240 cm³/mol. The number of nitrogens with two attached hydrogens (primary N) is 1. The number of rotatable bonds is 25. The summed E-state index contributed by atoms with van der Waals surface area (Å²) in [5.41, 5.74) is 6.29. The van der Waals surface area contributed by atoms with Gasteiger partial charge in [0.05, 0.1) is 6.04 Å². The molecule has 1 aromatic carbocycles. The summed E-state index contributed by atoms with van der Waals surface area (Å²) in [6, 6.07) is -3.06. The van der Waals surface area contributed by atoms with Gasteiger partial charge in [0.2, 0.25) is 47.3 Å². The van der Waals surface area contributed by atoms with E-state index in [2.05, 4.69) is 31.9 Å². The van der Waals surface area contributed by atoms with Gasteiger partial charge in [-0.2, -0.15) is 11.8 Å². The lowest BCUT2D eigenvalue weighted by molar-refractivity contribution is -0.148. The predicted octanol–water partition coefficient (Wildman–Crippen LogP) is -1.43. The van der Waals surface area contributed by atoms with E-state index in [1.165, 1.54) is 47.5 Å². The number of carbonyl (C=O) groups is 10. The number of benzene rings is 1. The Morgan fingerprint density at radius 1 is 0.727 bits per heavy atom. The maximum Gasteiger partial charge on any atom is 0.322 e. The van der Waals surface area contributed by atoms with Crippen LogP contribution in [0.3, 0.4) is 0 Å². The van der Waals surface area contributed by atoms with Gasteiger partial charge in [-0.05, 0) is 88.0 Å². The molecule has 0 saturated carbocycles. The van der Waals surface area contributed by atoms with Gasteiger partial charge in [0.15, 0.2) is 0 Å². The molecule has 366 valence electrons. The van der Waals surface area contributed by atoms with Crippen LogP contribution in [0, 0.1) is 5.92 Å². The summed E-state index contributed by atoms with van der Waals surface area (Å²) in [4.78, 5) is 134. The van der Waals surface area contributed by atoms with E-state index in [0.29, 0.717) is 30.6 Å². The summed E-state index contributed by atoms with van der Waals surface area (Å²) in [6.07, 6.45) is 2.90. The van der Waals surface area contributed by atoms with Crippen molar-refractivity contribution in [2.75, 3.05) is 31.6 Å². The Kier molecular flexibility index (Phi) is 21.6. The molecule has 0 spiro atoms. The number of nitrogens with one attached hydrogen (secondary N) is 6. The van der Waals surface area contributed by atoms with Crippen LogP contribution in [0.4, 0.5) is 0 Å². The molecule has 1 aromatic rings. The highest BCUT2D eigenvalue weighted by Gasteiger charge is 2.44. The van der Waals surface area contributed by atoms with E-state index < -0.39 is 126 Å². The Hall–Kier alpha value is -5.97. The number of carboxylic acids is 2. The third kappa shape index (κ3) is 16.2. The Morgan fingerprint density at radius 3 is 1.89 bits per heavy atom. The van der Waals surface area contributed by atoms with Crippen molar-refractivity contribution in [2.45, 2.75) is 134 Å². The topological polar surface area (TPSA) is 336 Å². The molecule has 0 aromatic heterocycles. The number of amides is 8. The molecule has 8 amide bonds. The van der Waals surface area contributed by atoms with Crippen LogP contribution >= 0.6 is 11.8 Å². The van der Waals surface area contributed by atoms with Gasteiger partial charge in [-0.25, -0.2) is 0 Å². The fourth-order valence-electron chi connectivity index (χ4n) is 7.60. The minimum absolute atomic E-state index is 0.0172. The normalized spacial score (nSPS) is 18.9. The molecule has 0 aliphatic carbocycles. The van der Waals surface area contributed by atoms with Crippen molar-refractivity contribution in [2.24, 2.45) is 11.7 Å². The second kappa shape index (κ2) is 26.2.